The smallest absolute Gasteiger partial charge is 0.240 e. The summed E-state index contributed by atoms with van der Waals surface area (Å²) in [6.07, 6.45) is 0. The topological polar surface area (TPSA) is 91.8 Å². The van der Waals surface area contributed by atoms with Crippen molar-refractivity contribution in [3.05, 3.63) is 60.2 Å². The maximum atomic E-state index is 12.3. The van der Waals surface area contributed by atoms with Crippen molar-refractivity contribution < 1.29 is 13.2 Å². The predicted molar refractivity (Wildman–Crippen MR) is 128 cm³/mol. The number of aliphatic imine (C=N–C) groups is 1. The fraction of sp³-hybridized carbons (Fsp3) is 0.350. The van der Waals surface area contributed by atoms with E-state index < -0.39 is 10.0 Å². The quantitative estimate of drug-likeness (QED) is 0.189. The molecule has 2 rings (SSSR count). The molecule has 0 atom stereocenters. The third kappa shape index (κ3) is 9.46. The van der Waals surface area contributed by atoms with Crippen LogP contribution in [0.15, 0.2) is 64.5 Å². The summed E-state index contributed by atoms with van der Waals surface area (Å²) in [5.74, 6) is 1.44. The predicted octanol–water partition coefficient (Wildman–Crippen LogP) is 2.53. The third-order valence-corrected chi connectivity index (χ3v) is 5.23. The van der Waals surface area contributed by atoms with E-state index in [1.165, 1.54) is 0 Å². The molecule has 0 fully saturated rings. The summed E-state index contributed by atoms with van der Waals surface area (Å²) < 4.78 is 32.7. The van der Waals surface area contributed by atoms with Crippen molar-refractivity contribution in [1.29, 1.82) is 0 Å². The number of sulfonamides is 1. The molecular formula is C20H29IN4O3S. The van der Waals surface area contributed by atoms with Gasteiger partial charge in [0.15, 0.2) is 5.96 Å². The average molecular weight is 532 g/mol. The summed E-state index contributed by atoms with van der Waals surface area (Å²) in [7, 11) is -3.52. The van der Waals surface area contributed by atoms with Crippen LogP contribution in [0.4, 0.5) is 0 Å². The normalized spacial score (nSPS) is 11.4. The Morgan fingerprint density at radius 2 is 1.69 bits per heavy atom. The molecule has 3 N–H and O–H groups in total. The molecule has 2 aromatic rings. The number of para-hydroxylation sites is 1. The first-order valence-corrected chi connectivity index (χ1v) is 10.8. The molecule has 0 aliphatic carbocycles. The second-order valence-corrected chi connectivity index (χ2v) is 7.83. The number of guanidine groups is 1. The van der Waals surface area contributed by atoms with Gasteiger partial charge >= 0.3 is 0 Å². The third-order valence-electron chi connectivity index (χ3n) is 3.76. The van der Waals surface area contributed by atoms with Crippen molar-refractivity contribution in [3.8, 4) is 5.75 Å². The van der Waals surface area contributed by atoms with Gasteiger partial charge in [-0.1, -0.05) is 35.9 Å². The van der Waals surface area contributed by atoms with Crippen LogP contribution in [0.25, 0.3) is 0 Å². The van der Waals surface area contributed by atoms with E-state index in [9.17, 15) is 8.42 Å². The second kappa shape index (κ2) is 13.4. The van der Waals surface area contributed by atoms with Crippen molar-refractivity contribution >= 4 is 40.0 Å². The van der Waals surface area contributed by atoms with Gasteiger partial charge in [-0.05, 0) is 38.1 Å². The van der Waals surface area contributed by atoms with Crippen LogP contribution in [-0.2, 0) is 10.0 Å². The van der Waals surface area contributed by atoms with Gasteiger partial charge in [0.05, 0.1) is 18.0 Å². The van der Waals surface area contributed by atoms with Gasteiger partial charge in [0.2, 0.25) is 10.0 Å². The lowest BCUT2D eigenvalue weighted by atomic mass is 10.2. The molecule has 7 nitrogen and oxygen atoms in total. The summed E-state index contributed by atoms with van der Waals surface area (Å²) in [4.78, 5) is 4.64. The highest BCUT2D eigenvalue weighted by Gasteiger charge is 2.12. The summed E-state index contributed by atoms with van der Waals surface area (Å²) in [5, 5.41) is 6.29. The number of hydrogen-bond acceptors (Lipinski definition) is 4. The highest BCUT2D eigenvalue weighted by molar-refractivity contribution is 14.0. The van der Waals surface area contributed by atoms with E-state index in [0.29, 0.717) is 32.2 Å². The van der Waals surface area contributed by atoms with E-state index in [2.05, 4.69) is 20.3 Å². The Balaban J connectivity index is 0.00000420. The number of nitrogens with one attached hydrogen (secondary N) is 3. The molecule has 0 saturated heterocycles. The number of aryl methyl sites for hydroxylation is 1. The van der Waals surface area contributed by atoms with Crippen molar-refractivity contribution in [2.24, 2.45) is 4.99 Å². The number of benzene rings is 2. The molecule has 0 radical (unpaired) electrons. The van der Waals surface area contributed by atoms with E-state index >= 15 is 0 Å². The molecule has 0 aliphatic rings. The Hall–Kier alpha value is -1.85. The Morgan fingerprint density at radius 1 is 1.00 bits per heavy atom. The number of rotatable bonds is 10. The highest BCUT2D eigenvalue weighted by atomic mass is 127. The molecule has 0 saturated carbocycles. The fourth-order valence-electron chi connectivity index (χ4n) is 2.35. The van der Waals surface area contributed by atoms with Crippen molar-refractivity contribution in [3.63, 3.8) is 0 Å². The Morgan fingerprint density at radius 3 is 2.34 bits per heavy atom. The minimum absolute atomic E-state index is 0. The SMILES string of the molecule is CCNC(=NCCNS(=O)(=O)c1ccc(C)cc1)NCCOc1ccccc1.I. The first-order valence-electron chi connectivity index (χ1n) is 9.27. The van der Waals surface area contributed by atoms with Gasteiger partial charge in [0.25, 0.3) is 0 Å². The maximum absolute atomic E-state index is 12.3. The molecule has 0 heterocycles. The molecule has 0 amide bonds. The molecule has 0 unspecified atom stereocenters. The number of ether oxygens (including phenoxy) is 1. The lowest BCUT2D eigenvalue weighted by molar-refractivity contribution is 0.322. The minimum atomic E-state index is -3.52. The van der Waals surface area contributed by atoms with Crippen LogP contribution < -0.4 is 20.1 Å². The largest absolute Gasteiger partial charge is 0.492 e. The summed E-state index contributed by atoms with van der Waals surface area (Å²) >= 11 is 0. The standard InChI is InChI=1S/C20H28N4O3S.HI/c1-3-21-20(23-15-16-27-18-7-5-4-6-8-18)22-13-14-24-28(25,26)19-11-9-17(2)10-12-19;/h4-12,24H,3,13-16H2,1-2H3,(H2,21,22,23);1H. The van der Waals surface area contributed by atoms with Crippen LogP contribution in [-0.4, -0.2) is 47.2 Å². The van der Waals surface area contributed by atoms with Gasteiger partial charge in [0.1, 0.15) is 12.4 Å². The fourth-order valence-corrected chi connectivity index (χ4v) is 3.37. The molecule has 29 heavy (non-hydrogen) atoms. The van der Waals surface area contributed by atoms with E-state index in [-0.39, 0.29) is 35.4 Å². The Bertz CT molecular complexity index is 844. The van der Waals surface area contributed by atoms with Gasteiger partial charge in [0, 0.05) is 13.1 Å². The summed E-state index contributed by atoms with van der Waals surface area (Å²) in [6, 6.07) is 16.3. The van der Waals surface area contributed by atoms with Gasteiger partial charge < -0.3 is 15.4 Å². The van der Waals surface area contributed by atoms with Crippen LogP contribution in [0, 0.1) is 6.92 Å². The van der Waals surface area contributed by atoms with Crippen LogP contribution >= 0.6 is 24.0 Å². The zero-order valence-corrected chi connectivity index (χ0v) is 19.9. The van der Waals surface area contributed by atoms with Crippen LogP contribution in [0.5, 0.6) is 5.75 Å². The van der Waals surface area contributed by atoms with E-state index in [0.717, 1.165) is 11.3 Å². The number of halogens is 1. The Labute approximate surface area is 190 Å². The first kappa shape index (κ1) is 25.2. The number of nitrogens with zero attached hydrogens (tertiary/aromatic N) is 1. The zero-order valence-electron chi connectivity index (χ0n) is 16.7. The molecule has 9 heteroatoms. The molecular weight excluding hydrogens is 503 g/mol. The van der Waals surface area contributed by atoms with Gasteiger partial charge in [-0.2, -0.15) is 0 Å². The van der Waals surface area contributed by atoms with Gasteiger partial charge in [-0.3, -0.25) is 4.99 Å². The van der Waals surface area contributed by atoms with E-state index in [4.69, 9.17) is 4.74 Å². The van der Waals surface area contributed by atoms with E-state index in [1.807, 2.05) is 44.2 Å². The molecule has 0 aliphatic heterocycles. The maximum Gasteiger partial charge on any atom is 0.240 e. The molecule has 0 aromatic heterocycles. The summed E-state index contributed by atoms with van der Waals surface area (Å²) in [5.41, 5.74) is 1.01. The zero-order chi connectivity index (χ0) is 20.2. The highest BCUT2D eigenvalue weighted by Crippen LogP contribution is 2.09. The molecule has 0 spiro atoms. The summed E-state index contributed by atoms with van der Waals surface area (Å²) in [6.45, 7) is 6.20. The molecule has 160 valence electrons. The van der Waals surface area contributed by atoms with Gasteiger partial charge in [-0.25, -0.2) is 13.1 Å². The van der Waals surface area contributed by atoms with Crippen molar-refractivity contribution in [2.45, 2.75) is 18.7 Å². The Kier molecular flexibility index (Phi) is 11.6. The number of hydrogen-bond donors (Lipinski definition) is 3. The first-order chi connectivity index (χ1) is 13.5. The van der Waals surface area contributed by atoms with Crippen LogP contribution in [0.3, 0.4) is 0 Å². The monoisotopic (exact) mass is 532 g/mol. The average Bonchev–Trinajstić information content (AvgIpc) is 2.69. The van der Waals surface area contributed by atoms with E-state index in [1.54, 1.807) is 24.3 Å². The molecule has 2 aromatic carbocycles. The van der Waals surface area contributed by atoms with Crippen LogP contribution in [0.2, 0.25) is 0 Å². The van der Waals surface area contributed by atoms with Crippen LogP contribution in [0.1, 0.15) is 12.5 Å². The van der Waals surface area contributed by atoms with Gasteiger partial charge in [-0.15, -0.1) is 24.0 Å². The molecule has 0 bridgehead atoms. The minimum Gasteiger partial charge on any atom is -0.492 e. The second-order valence-electron chi connectivity index (χ2n) is 6.06. The van der Waals surface area contributed by atoms with Crippen molar-refractivity contribution in [1.82, 2.24) is 15.4 Å². The lowest BCUT2D eigenvalue weighted by Gasteiger charge is -2.12. The lowest BCUT2D eigenvalue weighted by Crippen LogP contribution is -2.40. The van der Waals surface area contributed by atoms with Crippen molar-refractivity contribution in [2.75, 3.05) is 32.8 Å².